The first kappa shape index (κ1) is 19.7. The fraction of sp³-hybridized carbons (Fsp3) is 0.375. The van der Waals surface area contributed by atoms with Crippen LogP contribution in [0, 0.1) is 5.92 Å². The first-order valence-corrected chi connectivity index (χ1v) is 9.20. The number of rotatable bonds is 10. The molecule has 0 aliphatic carbocycles. The van der Waals surface area contributed by atoms with Crippen molar-refractivity contribution in [2.24, 2.45) is 5.92 Å². The third-order valence-corrected chi connectivity index (χ3v) is 4.28. The molecular weight excluding hydrogens is 432 g/mol. The molecule has 0 fully saturated rings. The summed E-state index contributed by atoms with van der Waals surface area (Å²) in [5.41, 5.74) is 0. The molecule has 1 aromatic rings. The van der Waals surface area contributed by atoms with Crippen molar-refractivity contribution in [1.29, 1.82) is 0 Å². The average Bonchev–Trinajstić information content (AvgIpc) is 2.57. The average molecular weight is 450 g/mol. The Morgan fingerprint density at radius 3 is 2.26 bits per heavy atom. The van der Waals surface area contributed by atoms with E-state index in [2.05, 4.69) is 38.4 Å². The van der Waals surface area contributed by atoms with Gasteiger partial charge in [0.05, 0.1) is 19.1 Å². The van der Waals surface area contributed by atoms with Gasteiger partial charge in [0.15, 0.2) is 0 Å². The topological polar surface area (TPSA) is 61.8 Å². The van der Waals surface area contributed by atoms with E-state index in [4.69, 9.17) is 14.2 Å². The number of carbonyl (C=O) groups is 2. The molecule has 0 aromatic heterocycles. The Morgan fingerprint density at radius 1 is 1.09 bits per heavy atom. The normalized spacial score (nSPS) is 10.2. The Labute approximate surface area is 152 Å². The molecule has 0 aliphatic rings. The molecule has 126 valence electrons. The van der Waals surface area contributed by atoms with Crippen LogP contribution in [-0.4, -0.2) is 35.8 Å². The number of halogens is 2. The quantitative estimate of drug-likeness (QED) is 0.180. The molecule has 23 heavy (non-hydrogen) atoms. The molecule has 0 radical (unpaired) electrons. The lowest BCUT2D eigenvalue weighted by Gasteiger charge is -2.11. The lowest BCUT2D eigenvalue weighted by molar-refractivity contribution is -0.138. The van der Waals surface area contributed by atoms with Gasteiger partial charge in [-0.3, -0.25) is 4.79 Å². The summed E-state index contributed by atoms with van der Waals surface area (Å²) in [4.78, 5) is 22.7. The van der Waals surface area contributed by atoms with Gasteiger partial charge < -0.3 is 14.2 Å². The van der Waals surface area contributed by atoms with Crippen molar-refractivity contribution < 1.29 is 23.8 Å². The van der Waals surface area contributed by atoms with Crippen molar-refractivity contribution in [3.8, 4) is 11.5 Å². The van der Waals surface area contributed by atoms with Gasteiger partial charge in [0.25, 0.3) is 0 Å². The standard InChI is InChI=1S/C16H18Br2O5/c1-2-15(19)22-9-3-8-21-13-4-6-14(7-5-13)23-16(20)12(10-17)11-18/h2,4-7,12H,1,3,8-11H2. The van der Waals surface area contributed by atoms with E-state index in [0.717, 1.165) is 6.08 Å². The van der Waals surface area contributed by atoms with E-state index in [-0.39, 0.29) is 18.5 Å². The van der Waals surface area contributed by atoms with E-state index < -0.39 is 5.97 Å². The maximum Gasteiger partial charge on any atom is 0.330 e. The van der Waals surface area contributed by atoms with Crippen molar-refractivity contribution in [1.82, 2.24) is 0 Å². The lowest BCUT2D eigenvalue weighted by Crippen LogP contribution is -2.22. The van der Waals surface area contributed by atoms with Crippen molar-refractivity contribution >= 4 is 43.8 Å². The molecule has 0 atom stereocenters. The zero-order valence-corrected chi connectivity index (χ0v) is 15.7. The second-order valence-corrected chi connectivity index (χ2v) is 5.77. The molecule has 0 aliphatic heterocycles. The Kier molecular flexibility index (Phi) is 9.63. The highest BCUT2D eigenvalue weighted by Crippen LogP contribution is 2.19. The van der Waals surface area contributed by atoms with Gasteiger partial charge in [0.2, 0.25) is 0 Å². The van der Waals surface area contributed by atoms with Gasteiger partial charge in [-0.2, -0.15) is 0 Å². The molecule has 1 rings (SSSR count). The van der Waals surface area contributed by atoms with Crippen LogP contribution in [0.25, 0.3) is 0 Å². The summed E-state index contributed by atoms with van der Waals surface area (Å²) >= 11 is 6.54. The first-order chi connectivity index (χ1) is 11.1. The number of hydrogen-bond acceptors (Lipinski definition) is 5. The first-order valence-electron chi connectivity index (χ1n) is 6.96. The van der Waals surface area contributed by atoms with E-state index in [1.54, 1.807) is 24.3 Å². The van der Waals surface area contributed by atoms with E-state index in [0.29, 0.717) is 35.2 Å². The lowest BCUT2D eigenvalue weighted by atomic mass is 10.2. The molecule has 0 heterocycles. The molecule has 0 spiro atoms. The highest BCUT2D eigenvalue weighted by Gasteiger charge is 2.18. The van der Waals surface area contributed by atoms with E-state index in [1.165, 1.54) is 0 Å². The number of alkyl halides is 2. The number of benzene rings is 1. The third-order valence-electron chi connectivity index (χ3n) is 2.72. The van der Waals surface area contributed by atoms with E-state index in [9.17, 15) is 9.59 Å². The molecule has 5 nitrogen and oxygen atoms in total. The summed E-state index contributed by atoms with van der Waals surface area (Å²) in [5.74, 6) is 0.147. The molecule has 0 N–H and O–H groups in total. The van der Waals surface area contributed by atoms with E-state index >= 15 is 0 Å². The van der Waals surface area contributed by atoms with Crippen LogP contribution >= 0.6 is 31.9 Å². The largest absolute Gasteiger partial charge is 0.493 e. The number of hydrogen-bond donors (Lipinski definition) is 0. The minimum Gasteiger partial charge on any atom is -0.493 e. The second-order valence-electron chi connectivity index (χ2n) is 4.47. The molecule has 0 amide bonds. The Hall–Kier alpha value is -1.34. The van der Waals surface area contributed by atoms with E-state index in [1.807, 2.05) is 0 Å². The van der Waals surface area contributed by atoms with Crippen LogP contribution in [0.4, 0.5) is 0 Å². The van der Waals surface area contributed by atoms with Crippen molar-refractivity contribution in [2.75, 3.05) is 23.9 Å². The van der Waals surface area contributed by atoms with Gasteiger partial charge in [-0.1, -0.05) is 38.4 Å². The number of carbonyl (C=O) groups excluding carboxylic acids is 2. The fourth-order valence-corrected chi connectivity index (χ4v) is 3.05. The van der Waals surface area contributed by atoms with Gasteiger partial charge in [0.1, 0.15) is 11.5 Å². The minimum absolute atomic E-state index is 0.232. The summed E-state index contributed by atoms with van der Waals surface area (Å²) in [7, 11) is 0. The summed E-state index contributed by atoms with van der Waals surface area (Å²) in [6, 6.07) is 6.78. The maximum absolute atomic E-state index is 11.8. The highest BCUT2D eigenvalue weighted by molar-refractivity contribution is 9.09. The minimum atomic E-state index is -0.443. The summed E-state index contributed by atoms with van der Waals surface area (Å²) in [6.45, 7) is 4.00. The summed E-state index contributed by atoms with van der Waals surface area (Å²) < 4.78 is 15.6. The Morgan fingerprint density at radius 2 is 1.70 bits per heavy atom. The van der Waals surface area contributed by atoms with Crippen molar-refractivity contribution in [2.45, 2.75) is 6.42 Å². The molecular formula is C16H18Br2O5. The van der Waals surface area contributed by atoms with Crippen molar-refractivity contribution in [3.05, 3.63) is 36.9 Å². The Balaban J connectivity index is 2.34. The number of ether oxygens (including phenoxy) is 3. The van der Waals surface area contributed by atoms with Gasteiger partial charge in [-0.15, -0.1) is 0 Å². The monoisotopic (exact) mass is 448 g/mol. The molecule has 7 heteroatoms. The van der Waals surface area contributed by atoms with Gasteiger partial charge in [-0.25, -0.2) is 4.79 Å². The van der Waals surface area contributed by atoms with Crippen LogP contribution < -0.4 is 9.47 Å². The second kappa shape index (κ2) is 11.2. The number of esters is 2. The molecule has 0 saturated carbocycles. The zero-order valence-electron chi connectivity index (χ0n) is 12.5. The predicted octanol–water partition coefficient (Wildman–Crippen LogP) is 3.50. The van der Waals surface area contributed by atoms with Crippen LogP contribution in [-0.2, 0) is 14.3 Å². The Bertz CT molecular complexity index is 512. The van der Waals surface area contributed by atoms with Gasteiger partial charge in [0, 0.05) is 23.2 Å². The van der Waals surface area contributed by atoms with Crippen LogP contribution in [0.2, 0.25) is 0 Å². The van der Waals surface area contributed by atoms with Crippen LogP contribution in [0.15, 0.2) is 36.9 Å². The zero-order chi connectivity index (χ0) is 17.1. The van der Waals surface area contributed by atoms with Crippen LogP contribution in [0.5, 0.6) is 11.5 Å². The highest BCUT2D eigenvalue weighted by atomic mass is 79.9. The smallest absolute Gasteiger partial charge is 0.330 e. The molecule has 0 saturated heterocycles. The summed E-state index contributed by atoms with van der Waals surface area (Å²) in [5, 5.41) is 1.07. The van der Waals surface area contributed by atoms with Crippen LogP contribution in [0.3, 0.4) is 0 Å². The van der Waals surface area contributed by atoms with Gasteiger partial charge >= 0.3 is 11.9 Å². The molecule has 0 bridgehead atoms. The predicted molar refractivity (Wildman–Crippen MR) is 94.4 cm³/mol. The molecule has 1 aromatic carbocycles. The third kappa shape index (κ3) is 7.65. The maximum atomic E-state index is 11.8. The fourth-order valence-electron chi connectivity index (χ4n) is 1.45. The molecule has 0 unspecified atom stereocenters. The van der Waals surface area contributed by atoms with Crippen LogP contribution in [0.1, 0.15) is 6.42 Å². The van der Waals surface area contributed by atoms with Crippen molar-refractivity contribution in [3.63, 3.8) is 0 Å². The summed E-state index contributed by atoms with van der Waals surface area (Å²) in [6.07, 6.45) is 1.70. The SMILES string of the molecule is C=CC(=O)OCCCOc1ccc(OC(=O)C(CBr)CBr)cc1. The van der Waals surface area contributed by atoms with Gasteiger partial charge in [-0.05, 0) is 24.3 Å².